The summed E-state index contributed by atoms with van der Waals surface area (Å²) in [7, 11) is 1.55. The van der Waals surface area contributed by atoms with Crippen LogP contribution in [0.4, 0.5) is 15.3 Å². The fraction of sp³-hybridized carbons (Fsp3) is 0.438. The summed E-state index contributed by atoms with van der Waals surface area (Å²) in [5.41, 5.74) is 1.65. The quantitative estimate of drug-likeness (QED) is 0.314. The second-order valence-corrected chi connectivity index (χ2v) is 11.9. The topological polar surface area (TPSA) is 111 Å². The number of pyridine rings is 1. The van der Waals surface area contributed by atoms with E-state index in [-0.39, 0.29) is 24.2 Å². The van der Waals surface area contributed by atoms with E-state index in [2.05, 4.69) is 5.32 Å². The SMILES string of the molecule is COCCNC(=O)c1cn2c(C)c(C)nc2c(N(C(=O)OC(C)(C)C)C(=O)OC(C)(C)C)c1CC=Cc1ccccc1. The fourth-order valence-electron chi connectivity index (χ4n) is 4.17. The number of imide groups is 1. The lowest BCUT2D eigenvalue weighted by molar-refractivity contribution is 0.0430. The number of nitrogens with one attached hydrogen (secondary N) is 1. The van der Waals surface area contributed by atoms with Crippen molar-refractivity contribution in [3.8, 4) is 0 Å². The Morgan fingerprint density at radius 3 is 2.12 bits per heavy atom. The number of benzene rings is 1. The van der Waals surface area contributed by atoms with E-state index in [4.69, 9.17) is 19.2 Å². The molecule has 1 aromatic carbocycles. The summed E-state index contributed by atoms with van der Waals surface area (Å²) in [5, 5.41) is 2.87. The van der Waals surface area contributed by atoms with Gasteiger partial charge in [-0.25, -0.2) is 14.6 Å². The van der Waals surface area contributed by atoms with E-state index in [1.807, 2.05) is 56.3 Å². The second kappa shape index (κ2) is 13.2. The highest BCUT2D eigenvalue weighted by molar-refractivity contribution is 6.14. The van der Waals surface area contributed by atoms with E-state index in [9.17, 15) is 14.4 Å². The van der Waals surface area contributed by atoms with Gasteiger partial charge in [0.2, 0.25) is 0 Å². The molecule has 0 saturated carbocycles. The van der Waals surface area contributed by atoms with Gasteiger partial charge < -0.3 is 23.9 Å². The van der Waals surface area contributed by atoms with Crippen molar-refractivity contribution in [1.29, 1.82) is 0 Å². The molecule has 0 fully saturated rings. The lowest BCUT2D eigenvalue weighted by atomic mass is 10.0. The average molecular weight is 579 g/mol. The Morgan fingerprint density at radius 1 is 0.976 bits per heavy atom. The van der Waals surface area contributed by atoms with Crippen molar-refractivity contribution in [2.24, 2.45) is 0 Å². The van der Waals surface area contributed by atoms with Crippen molar-refractivity contribution in [1.82, 2.24) is 14.7 Å². The lowest BCUT2D eigenvalue weighted by Crippen LogP contribution is -2.44. The van der Waals surface area contributed by atoms with Gasteiger partial charge in [-0.3, -0.25) is 4.79 Å². The molecule has 42 heavy (non-hydrogen) atoms. The number of methoxy groups -OCH3 is 1. The van der Waals surface area contributed by atoms with Gasteiger partial charge in [0.05, 0.1) is 17.9 Å². The number of fused-ring (bicyclic) bond motifs is 1. The molecule has 0 aliphatic carbocycles. The predicted molar refractivity (Wildman–Crippen MR) is 163 cm³/mol. The van der Waals surface area contributed by atoms with Gasteiger partial charge in [0.15, 0.2) is 5.65 Å². The van der Waals surface area contributed by atoms with Crippen LogP contribution in [-0.4, -0.2) is 58.9 Å². The number of amides is 3. The lowest BCUT2D eigenvalue weighted by Gasteiger charge is -2.30. The third-order valence-electron chi connectivity index (χ3n) is 6.11. The molecule has 0 atom stereocenters. The zero-order valence-electron chi connectivity index (χ0n) is 26.0. The number of aryl methyl sites for hydroxylation is 2. The van der Waals surface area contributed by atoms with Gasteiger partial charge in [0, 0.05) is 25.5 Å². The van der Waals surface area contributed by atoms with Crippen LogP contribution in [0.3, 0.4) is 0 Å². The third-order valence-corrected chi connectivity index (χ3v) is 6.11. The first-order chi connectivity index (χ1) is 19.6. The minimum atomic E-state index is -0.942. The number of anilines is 1. The Kier molecular flexibility index (Phi) is 10.2. The van der Waals surface area contributed by atoms with Crippen molar-refractivity contribution < 1.29 is 28.6 Å². The number of aromatic nitrogens is 2. The normalized spacial score (nSPS) is 12.0. The van der Waals surface area contributed by atoms with Crippen molar-refractivity contribution in [2.75, 3.05) is 25.2 Å². The monoisotopic (exact) mass is 578 g/mol. The first kappa shape index (κ1) is 32.3. The van der Waals surface area contributed by atoms with Crippen LogP contribution in [0.5, 0.6) is 0 Å². The van der Waals surface area contributed by atoms with Gasteiger partial charge in [-0.15, -0.1) is 0 Å². The molecule has 0 spiro atoms. The van der Waals surface area contributed by atoms with E-state index in [1.54, 1.807) is 59.2 Å². The number of nitrogens with zero attached hydrogens (tertiary/aromatic N) is 3. The van der Waals surface area contributed by atoms with E-state index in [1.165, 1.54) is 0 Å². The van der Waals surface area contributed by atoms with Crippen molar-refractivity contribution in [3.63, 3.8) is 0 Å². The minimum absolute atomic E-state index is 0.117. The maximum absolute atomic E-state index is 13.8. The molecule has 10 heteroatoms. The molecule has 0 bridgehead atoms. The maximum atomic E-state index is 13.8. The van der Waals surface area contributed by atoms with Gasteiger partial charge in [-0.1, -0.05) is 42.5 Å². The van der Waals surface area contributed by atoms with Gasteiger partial charge in [-0.2, -0.15) is 4.90 Å². The molecule has 3 rings (SSSR count). The van der Waals surface area contributed by atoms with E-state index in [0.29, 0.717) is 23.5 Å². The zero-order chi connectivity index (χ0) is 31.2. The Balaban J connectivity index is 2.35. The van der Waals surface area contributed by atoms with Crippen LogP contribution in [0.25, 0.3) is 11.7 Å². The van der Waals surface area contributed by atoms with Crippen LogP contribution >= 0.6 is 0 Å². The highest BCUT2D eigenvalue weighted by Crippen LogP contribution is 2.34. The number of hydrogen-bond acceptors (Lipinski definition) is 7. The Morgan fingerprint density at radius 2 is 1.57 bits per heavy atom. The number of hydrogen-bond donors (Lipinski definition) is 1. The van der Waals surface area contributed by atoms with Gasteiger partial charge >= 0.3 is 12.2 Å². The fourth-order valence-corrected chi connectivity index (χ4v) is 4.17. The molecule has 2 aromatic heterocycles. The van der Waals surface area contributed by atoms with Crippen molar-refractivity contribution in [3.05, 3.63) is 70.7 Å². The Bertz CT molecular complexity index is 1430. The summed E-state index contributed by atoms with van der Waals surface area (Å²) < 4.78 is 18.2. The molecular formula is C32H42N4O6. The smallest absolute Gasteiger partial charge is 0.424 e. The summed E-state index contributed by atoms with van der Waals surface area (Å²) in [6.07, 6.45) is 3.78. The van der Waals surface area contributed by atoms with E-state index >= 15 is 0 Å². The van der Waals surface area contributed by atoms with Crippen LogP contribution < -0.4 is 10.2 Å². The first-order valence-electron chi connectivity index (χ1n) is 13.9. The largest absolute Gasteiger partial charge is 0.443 e. The molecule has 0 unspecified atom stereocenters. The standard InChI is InChI=1S/C32H42N4O6/c1-21-22(2)35-20-25(28(37)33-18-19-40-9)24(17-13-16-23-14-11-10-12-15-23)26(27(35)34-21)36(29(38)41-31(3,4)5)30(39)42-32(6,7)8/h10-16,20H,17-19H2,1-9H3,(H,33,37). The van der Waals surface area contributed by atoms with Crippen LogP contribution in [-0.2, 0) is 20.6 Å². The number of carbonyl (C=O) groups excluding carboxylic acids is 3. The number of rotatable bonds is 8. The summed E-state index contributed by atoms with van der Waals surface area (Å²) in [5.74, 6) is -0.391. The first-order valence-corrected chi connectivity index (χ1v) is 13.9. The Hall–Kier alpha value is -4.18. The third kappa shape index (κ3) is 8.19. The molecule has 3 aromatic rings. The van der Waals surface area contributed by atoms with Crippen LogP contribution in [0.15, 0.2) is 42.6 Å². The molecule has 0 radical (unpaired) electrons. The molecule has 0 aliphatic rings. The van der Waals surface area contributed by atoms with Crippen molar-refractivity contribution >= 4 is 35.5 Å². The van der Waals surface area contributed by atoms with Gasteiger partial charge in [-0.05, 0) is 72.9 Å². The molecule has 1 N–H and O–H groups in total. The highest BCUT2D eigenvalue weighted by atomic mass is 16.6. The predicted octanol–water partition coefficient (Wildman–Crippen LogP) is 6.26. The zero-order valence-corrected chi connectivity index (χ0v) is 26.0. The van der Waals surface area contributed by atoms with Crippen molar-refractivity contribution in [2.45, 2.75) is 73.0 Å². The molecule has 3 amide bonds. The molecule has 226 valence electrons. The summed E-state index contributed by atoms with van der Waals surface area (Å²) in [6, 6.07) is 9.68. The number of imidazole rings is 1. The second-order valence-electron chi connectivity index (χ2n) is 11.9. The molecule has 2 heterocycles. The van der Waals surface area contributed by atoms with Crippen LogP contribution in [0.1, 0.15) is 74.4 Å². The molecule has 0 aliphatic heterocycles. The van der Waals surface area contributed by atoms with Crippen LogP contribution in [0.2, 0.25) is 0 Å². The highest BCUT2D eigenvalue weighted by Gasteiger charge is 2.37. The molecule has 0 saturated heterocycles. The number of allylic oxidation sites excluding steroid dienone is 1. The molecule has 10 nitrogen and oxygen atoms in total. The maximum Gasteiger partial charge on any atom is 0.424 e. The van der Waals surface area contributed by atoms with E-state index < -0.39 is 29.3 Å². The van der Waals surface area contributed by atoms with Gasteiger partial charge in [0.25, 0.3) is 5.91 Å². The van der Waals surface area contributed by atoms with Crippen LogP contribution in [0, 0.1) is 13.8 Å². The molecular weight excluding hydrogens is 536 g/mol. The average Bonchev–Trinajstić information content (AvgIpc) is 3.16. The minimum Gasteiger partial charge on any atom is -0.443 e. The van der Waals surface area contributed by atoms with E-state index in [0.717, 1.165) is 16.2 Å². The summed E-state index contributed by atoms with van der Waals surface area (Å²) >= 11 is 0. The summed E-state index contributed by atoms with van der Waals surface area (Å²) in [6.45, 7) is 14.5. The van der Waals surface area contributed by atoms with Gasteiger partial charge in [0.1, 0.15) is 16.9 Å². The summed E-state index contributed by atoms with van der Waals surface area (Å²) in [4.78, 5) is 46.8. The number of ether oxygens (including phenoxy) is 3. The Labute approximate surface area is 247 Å². The number of carbonyl (C=O) groups is 3.